The number of nitrogens with one attached hydrogen (secondary N) is 1. The number of carbonyl (C=O) groups is 1. The van der Waals surface area contributed by atoms with Crippen LogP contribution in [0.4, 0.5) is 0 Å². The number of nitrogens with zero attached hydrogens (tertiary/aromatic N) is 3. The normalized spacial score (nSPS) is 11.0. The zero-order valence-electron chi connectivity index (χ0n) is 10.3. The van der Waals surface area contributed by atoms with Gasteiger partial charge in [0.1, 0.15) is 0 Å². The molecule has 0 aliphatic carbocycles. The second kappa shape index (κ2) is 4.24. The third-order valence-corrected chi connectivity index (χ3v) is 2.98. The van der Waals surface area contributed by atoms with Gasteiger partial charge in [0.2, 0.25) is 0 Å². The van der Waals surface area contributed by atoms with E-state index in [0.717, 1.165) is 11.3 Å². The van der Waals surface area contributed by atoms with E-state index in [9.17, 15) is 4.79 Å². The monoisotopic (exact) mass is 256 g/mol. The molecule has 6 nitrogen and oxygen atoms in total. The molecule has 19 heavy (non-hydrogen) atoms. The van der Waals surface area contributed by atoms with Crippen molar-refractivity contribution in [2.45, 2.75) is 13.3 Å². The van der Waals surface area contributed by atoms with Gasteiger partial charge in [-0.2, -0.15) is 5.10 Å². The van der Waals surface area contributed by atoms with Crippen LogP contribution in [0, 0.1) is 6.92 Å². The Balaban J connectivity index is 2.18. The third-order valence-electron chi connectivity index (χ3n) is 2.98. The summed E-state index contributed by atoms with van der Waals surface area (Å²) in [5.41, 5.74) is 3.70. The largest absolute Gasteiger partial charge is 0.481 e. The molecular formula is C13H12N4O2. The molecule has 0 fully saturated rings. The van der Waals surface area contributed by atoms with E-state index >= 15 is 0 Å². The van der Waals surface area contributed by atoms with Crippen LogP contribution in [0.5, 0.6) is 0 Å². The van der Waals surface area contributed by atoms with Gasteiger partial charge in [-0.15, -0.1) is 0 Å². The van der Waals surface area contributed by atoms with Crippen LogP contribution in [-0.2, 0) is 11.2 Å². The first-order valence-corrected chi connectivity index (χ1v) is 5.85. The molecule has 3 heterocycles. The molecule has 0 bridgehead atoms. The molecule has 2 N–H and O–H groups in total. The number of hydrogen-bond donors (Lipinski definition) is 2. The van der Waals surface area contributed by atoms with Crippen LogP contribution >= 0.6 is 0 Å². The van der Waals surface area contributed by atoms with Gasteiger partial charge in [-0.05, 0) is 25.1 Å². The van der Waals surface area contributed by atoms with E-state index in [2.05, 4.69) is 15.1 Å². The molecule has 0 unspecified atom stereocenters. The van der Waals surface area contributed by atoms with Crippen molar-refractivity contribution in [2.75, 3.05) is 0 Å². The number of hydrogen-bond acceptors (Lipinski definition) is 3. The van der Waals surface area contributed by atoms with Crippen LogP contribution in [0.15, 0.2) is 30.6 Å². The number of aliphatic carboxylic acids is 1. The summed E-state index contributed by atoms with van der Waals surface area (Å²) in [4.78, 5) is 18.2. The highest BCUT2D eigenvalue weighted by Crippen LogP contribution is 2.18. The van der Waals surface area contributed by atoms with E-state index in [1.807, 2.05) is 30.6 Å². The first-order valence-electron chi connectivity index (χ1n) is 5.85. The maximum absolute atomic E-state index is 10.9. The van der Waals surface area contributed by atoms with Gasteiger partial charge in [-0.1, -0.05) is 0 Å². The van der Waals surface area contributed by atoms with Crippen LogP contribution in [-0.4, -0.2) is 30.7 Å². The van der Waals surface area contributed by atoms with Gasteiger partial charge < -0.3 is 10.1 Å². The summed E-state index contributed by atoms with van der Waals surface area (Å²) in [5.74, 6) is -0.890. The first-order chi connectivity index (χ1) is 9.15. The lowest BCUT2D eigenvalue weighted by Gasteiger charge is -2.01. The van der Waals surface area contributed by atoms with Gasteiger partial charge in [-0.3, -0.25) is 4.79 Å². The Morgan fingerprint density at radius 1 is 1.42 bits per heavy atom. The number of aromatic nitrogens is 4. The summed E-state index contributed by atoms with van der Waals surface area (Å²) < 4.78 is 1.60. The van der Waals surface area contributed by atoms with Crippen LogP contribution in [0.1, 0.15) is 11.4 Å². The lowest BCUT2D eigenvalue weighted by molar-refractivity contribution is -0.136. The summed E-state index contributed by atoms with van der Waals surface area (Å²) >= 11 is 0. The maximum Gasteiger partial charge on any atom is 0.309 e. The summed E-state index contributed by atoms with van der Waals surface area (Å²) in [7, 11) is 0. The van der Waals surface area contributed by atoms with Crippen molar-refractivity contribution in [3.8, 4) is 11.3 Å². The number of aromatic amines is 1. The zero-order chi connectivity index (χ0) is 13.4. The number of carboxylic acid groups (broad SMARTS) is 1. The summed E-state index contributed by atoms with van der Waals surface area (Å²) in [6, 6.07) is 5.62. The van der Waals surface area contributed by atoms with Crippen LogP contribution in [0.3, 0.4) is 0 Å². The van der Waals surface area contributed by atoms with Crippen molar-refractivity contribution < 1.29 is 9.90 Å². The molecule has 0 aliphatic rings. The molecular weight excluding hydrogens is 244 g/mol. The van der Waals surface area contributed by atoms with Crippen LogP contribution < -0.4 is 0 Å². The van der Waals surface area contributed by atoms with Gasteiger partial charge in [0.25, 0.3) is 0 Å². The van der Waals surface area contributed by atoms with Crippen molar-refractivity contribution >= 4 is 11.6 Å². The summed E-state index contributed by atoms with van der Waals surface area (Å²) in [5, 5.41) is 13.4. The van der Waals surface area contributed by atoms with Crippen LogP contribution in [0.25, 0.3) is 16.9 Å². The molecule has 96 valence electrons. The van der Waals surface area contributed by atoms with Gasteiger partial charge in [0.05, 0.1) is 23.5 Å². The fourth-order valence-corrected chi connectivity index (χ4v) is 2.07. The SMILES string of the molecule is Cc1nc2ccc(-c3cc[nH]c3)nn2c1CC(=O)O. The summed E-state index contributed by atoms with van der Waals surface area (Å²) in [6.07, 6.45) is 3.57. The van der Waals surface area contributed by atoms with E-state index in [4.69, 9.17) is 5.11 Å². The molecule has 3 rings (SSSR count). The average molecular weight is 256 g/mol. The lowest BCUT2D eigenvalue weighted by atomic mass is 10.2. The van der Waals surface area contributed by atoms with Crippen LogP contribution in [0.2, 0.25) is 0 Å². The molecule has 0 aromatic carbocycles. The Morgan fingerprint density at radius 3 is 2.95 bits per heavy atom. The standard InChI is InChI=1S/C13H12N4O2/c1-8-11(6-13(18)19)17-12(15-8)3-2-10(16-17)9-4-5-14-7-9/h2-5,7,14H,6H2,1H3,(H,18,19). The van der Waals surface area contributed by atoms with Crippen molar-refractivity contribution in [2.24, 2.45) is 0 Å². The number of H-pyrrole nitrogens is 1. The van der Waals surface area contributed by atoms with E-state index in [1.54, 1.807) is 11.4 Å². The minimum absolute atomic E-state index is 0.0867. The molecule has 3 aromatic heterocycles. The van der Waals surface area contributed by atoms with Gasteiger partial charge in [0, 0.05) is 18.0 Å². The topological polar surface area (TPSA) is 83.3 Å². The van der Waals surface area contributed by atoms with Crippen molar-refractivity contribution in [3.63, 3.8) is 0 Å². The molecule has 0 aliphatic heterocycles. The van der Waals surface area contributed by atoms with Gasteiger partial charge >= 0.3 is 5.97 Å². The fraction of sp³-hybridized carbons (Fsp3) is 0.154. The highest BCUT2D eigenvalue weighted by Gasteiger charge is 2.14. The van der Waals surface area contributed by atoms with E-state index in [-0.39, 0.29) is 6.42 Å². The summed E-state index contributed by atoms with van der Waals surface area (Å²) in [6.45, 7) is 1.79. The molecule has 0 spiro atoms. The van der Waals surface area contributed by atoms with Crippen molar-refractivity contribution in [3.05, 3.63) is 42.0 Å². The highest BCUT2D eigenvalue weighted by molar-refractivity contribution is 5.70. The maximum atomic E-state index is 10.9. The van der Waals surface area contributed by atoms with Gasteiger partial charge in [0.15, 0.2) is 5.65 Å². The second-order valence-electron chi connectivity index (χ2n) is 4.30. The number of aryl methyl sites for hydroxylation is 1. The Labute approximate surface area is 108 Å². The zero-order valence-corrected chi connectivity index (χ0v) is 10.3. The molecule has 0 saturated heterocycles. The van der Waals surface area contributed by atoms with E-state index < -0.39 is 5.97 Å². The molecule has 0 amide bonds. The number of imidazole rings is 1. The molecule has 0 saturated carbocycles. The number of carboxylic acids is 1. The number of fused-ring (bicyclic) bond motifs is 1. The average Bonchev–Trinajstić information content (AvgIpc) is 2.98. The predicted octanol–water partition coefficient (Wildman–Crippen LogP) is 1.66. The number of rotatable bonds is 3. The second-order valence-corrected chi connectivity index (χ2v) is 4.30. The van der Waals surface area contributed by atoms with Crippen molar-refractivity contribution in [1.82, 2.24) is 19.6 Å². The Morgan fingerprint density at radius 2 is 2.26 bits per heavy atom. The lowest BCUT2D eigenvalue weighted by Crippen LogP contribution is -2.07. The minimum atomic E-state index is -0.890. The van der Waals surface area contributed by atoms with E-state index in [0.29, 0.717) is 17.0 Å². The third kappa shape index (κ3) is 1.97. The molecule has 6 heteroatoms. The molecule has 0 radical (unpaired) electrons. The smallest absolute Gasteiger partial charge is 0.309 e. The predicted molar refractivity (Wildman–Crippen MR) is 68.9 cm³/mol. The fourth-order valence-electron chi connectivity index (χ4n) is 2.07. The highest BCUT2D eigenvalue weighted by atomic mass is 16.4. The van der Waals surface area contributed by atoms with E-state index in [1.165, 1.54) is 0 Å². The molecule has 0 atom stereocenters. The Kier molecular flexibility index (Phi) is 2.56. The Hall–Kier alpha value is -2.63. The minimum Gasteiger partial charge on any atom is -0.481 e. The van der Waals surface area contributed by atoms with Gasteiger partial charge in [-0.25, -0.2) is 9.50 Å². The first kappa shape index (κ1) is 11.5. The van der Waals surface area contributed by atoms with Crippen molar-refractivity contribution in [1.29, 1.82) is 0 Å². The quantitative estimate of drug-likeness (QED) is 0.746. The Bertz CT molecular complexity index is 743. The molecule has 3 aromatic rings.